The van der Waals surface area contributed by atoms with Gasteiger partial charge in [-0.3, -0.25) is 0 Å². The van der Waals surface area contributed by atoms with Crippen LogP contribution in [0, 0.1) is 0 Å². The number of fused-ring (bicyclic) bond motifs is 1. The van der Waals surface area contributed by atoms with Gasteiger partial charge in [-0.15, -0.1) is 0 Å². The Morgan fingerprint density at radius 1 is 1.19 bits per heavy atom. The molecule has 0 saturated heterocycles. The van der Waals surface area contributed by atoms with Crippen molar-refractivity contribution in [2.24, 2.45) is 0 Å². The van der Waals surface area contributed by atoms with Gasteiger partial charge in [0.1, 0.15) is 11.9 Å². The van der Waals surface area contributed by atoms with E-state index in [2.05, 4.69) is 4.98 Å². The maximum Gasteiger partial charge on any atom is 0.138 e. The van der Waals surface area contributed by atoms with Crippen molar-refractivity contribution in [1.29, 1.82) is 0 Å². The average Bonchev–Trinajstić information content (AvgIpc) is 2.81. The van der Waals surface area contributed by atoms with E-state index >= 15 is 0 Å². The minimum absolute atomic E-state index is 0.538. The van der Waals surface area contributed by atoms with Crippen LogP contribution in [0.25, 0.3) is 11.0 Å². The molecule has 0 bridgehead atoms. The standard InChI is InChI=1S/C16H14Cl2N2O/c1-10(21)16-19-14-4-2-3-5-15(14)20(16)9-11-6-7-12(17)8-13(11)18/h2-8,10,21H,9H2,1H3/t10-/m0/s1. The number of benzene rings is 2. The molecule has 0 aliphatic carbocycles. The molecule has 3 rings (SSSR count). The van der Waals surface area contributed by atoms with Gasteiger partial charge in [-0.1, -0.05) is 41.4 Å². The summed E-state index contributed by atoms with van der Waals surface area (Å²) < 4.78 is 1.98. The van der Waals surface area contributed by atoms with Gasteiger partial charge in [0, 0.05) is 10.0 Å². The average molecular weight is 321 g/mol. The van der Waals surface area contributed by atoms with Gasteiger partial charge in [0.2, 0.25) is 0 Å². The zero-order valence-corrected chi connectivity index (χ0v) is 12.9. The number of aliphatic hydroxyl groups is 1. The third kappa shape index (κ3) is 2.77. The molecule has 0 saturated carbocycles. The highest BCUT2D eigenvalue weighted by Crippen LogP contribution is 2.26. The Morgan fingerprint density at radius 2 is 1.95 bits per heavy atom. The van der Waals surface area contributed by atoms with E-state index in [1.165, 1.54) is 0 Å². The number of hydrogen-bond acceptors (Lipinski definition) is 2. The molecule has 0 unspecified atom stereocenters. The van der Waals surface area contributed by atoms with E-state index in [0.29, 0.717) is 22.4 Å². The molecule has 1 heterocycles. The van der Waals surface area contributed by atoms with Crippen LogP contribution in [-0.2, 0) is 6.54 Å². The predicted molar refractivity (Wildman–Crippen MR) is 85.9 cm³/mol. The van der Waals surface area contributed by atoms with Crippen LogP contribution in [0.1, 0.15) is 24.4 Å². The lowest BCUT2D eigenvalue weighted by atomic mass is 10.2. The molecular formula is C16H14Cl2N2O. The quantitative estimate of drug-likeness (QED) is 0.774. The minimum Gasteiger partial charge on any atom is -0.385 e. The number of nitrogens with zero attached hydrogens (tertiary/aromatic N) is 2. The SMILES string of the molecule is C[C@H](O)c1nc2ccccc2n1Cc1ccc(Cl)cc1Cl. The molecule has 0 fully saturated rings. The van der Waals surface area contributed by atoms with Crippen LogP contribution >= 0.6 is 23.2 Å². The predicted octanol–water partition coefficient (Wildman–Crippen LogP) is 4.44. The minimum atomic E-state index is -0.650. The Bertz CT molecular complexity index is 796. The summed E-state index contributed by atoms with van der Waals surface area (Å²) in [5.74, 6) is 0.627. The Labute approximate surface area is 132 Å². The molecule has 0 radical (unpaired) electrons. The van der Waals surface area contributed by atoms with E-state index in [0.717, 1.165) is 16.6 Å². The van der Waals surface area contributed by atoms with Crippen LogP contribution in [0.15, 0.2) is 42.5 Å². The molecule has 0 aliphatic heterocycles. The van der Waals surface area contributed by atoms with Crippen LogP contribution in [0.3, 0.4) is 0 Å². The lowest BCUT2D eigenvalue weighted by Gasteiger charge is -2.12. The first kappa shape index (κ1) is 14.4. The summed E-state index contributed by atoms with van der Waals surface area (Å²) >= 11 is 12.2. The third-order valence-corrected chi connectivity index (χ3v) is 3.99. The number of rotatable bonds is 3. The van der Waals surface area contributed by atoms with Crippen molar-refractivity contribution in [1.82, 2.24) is 9.55 Å². The van der Waals surface area contributed by atoms with E-state index < -0.39 is 6.10 Å². The van der Waals surface area contributed by atoms with Crippen molar-refractivity contribution in [2.75, 3.05) is 0 Å². The van der Waals surface area contributed by atoms with Crippen molar-refractivity contribution < 1.29 is 5.11 Å². The molecule has 2 aromatic carbocycles. The van der Waals surface area contributed by atoms with Gasteiger partial charge in [-0.2, -0.15) is 0 Å². The van der Waals surface area contributed by atoms with Gasteiger partial charge in [0.05, 0.1) is 17.6 Å². The Kier molecular flexibility index (Phi) is 3.89. The fourth-order valence-electron chi connectivity index (χ4n) is 2.40. The topological polar surface area (TPSA) is 38.1 Å². The fourth-order valence-corrected chi connectivity index (χ4v) is 2.87. The van der Waals surface area contributed by atoms with E-state index in [1.807, 2.05) is 41.0 Å². The van der Waals surface area contributed by atoms with Crippen LogP contribution in [0.4, 0.5) is 0 Å². The first-order valence-electron chi connectivity index (χ1n) is 6.63. The fraction of sp³-hybridized carbons (Fsp3) is 0.188. The molecule has 108 valence electrons. The van der Waals surface area contributed by atoms with Crippen LogP contribution < -0.4 is 0 Å². The van der Waals surface area contributed by atoms with Gasteiger partial charge >= 0.3 is 0 Å². The molecular weight excluding hydrogens is 307 g/mol. The van der Waals surface area contributed by atoms with E-state index in [1.54, 1.807) is 13.0 Å². The van der Waals surface area contributed by atoms with Crippen molar-refractivity contribution in [3.05, 3.63) is 63.9 Å². The van der Waals surface area contributed by atoms with Gasteiger partial charge in [0.15, 0.2) is 0 Å². The van der Waals surface area contributed by atoms with Crippen molar-refractivity contribution in [3.8, 4) is 0 Å². The van der Waals surface area contributed by atoms with Crippen LogP contribution in [-0.4, -0.2) is 14.7 Å². The maximum atomic E-state index is 9.96. The van der Waals surface area contributed by atoms with Gasteiger partial charge in [0.25, 0.3) is 0 Å². The van der Waals surface area contributed by atoms with Crippen LogP contribution in [0.2, 0.25) is 10.0 Å². The van der Waals surface area contributed by atoms with Crippen molar-refractivity contribution in [2.45, 2.75) is 19.6 Å². The molecule has 5 heteroatoms. The number of imidazole rings is 1. The van der Waals surface area contributed by atoms with E-state index in [9.17, 15) is 5.11 Å². The Hall–Kier alpha value is -1.55. The molecule has 21 heavy (non-hydrogen) atoms. The van der Waals surface area contributed by atoms with Gasteiger partial charge in [-0.05, 0) is 36.8 Å². The summed E-state index contributed by atoms with van der Waals surface area (Å²) in [5.41, 5.74) is 2.77. The highest BCUT2D eigenvalue weighted by atomic mass is 35.5. The molecule has 3 aromatic rings. The number of para-hydroxylation sites is 2. The second kappa shape index (κ2) is 5.68. The highest BCUT2D eigenvalue weighted by Gasteiger charge is 2.15. The number of halogens is 2. The largest absolute Gasteiger partial charge is 0.385 e. The van der Waals surface area contributed by atoms with E-state index in [-0.39, 0.29) is 0 Å². The highest BCUT2D eigenvalue weighted by molar-refractivity contribution is 6.35. The van der Waals surface area contributed by atoms with Crippen molar-refractivity contribution in [3.63, 3.8) is 0 Å². The lowest BCUT2D eigenvalue weighted by molar-refractivity contribution is 0.185. The number of aliphatic hydroxyl groups excluding tert-OH is 1. The van der Waals surface area contributed by atoms with E-state index in [4.69, 9.17) is 23.2 Å². The molecule has 0 amide bonds. The summed E-state index contributed by atoms with van der Waals surface area (Å²) in [6.07, 6.45) is -0.650. The summed E-state index contributed by atoms with van der Waals surface area (Å²) in [7, 11) is 0. The monoisotopic (exact) mass is 320 g/mol. The molecule has 1 N–H and O–H groups in total. The maximum absolute atomic E-state index is 9.96. The molecule has 0 spiro atoms. The molecule has 1 aromatic heterocycles. The smallest absolute Gasteiger partial charge is 0.138 e. The normalized spacial score (nSPS) is 12.8. The van der Waals surface area contributed by atoms with Crippen LogP contribution in [0.5, 0.6) is 0 Å². The second-order valence-corrected chi connectivity index (χ2v) is 5.80. The summed E-state index contributed by atoms with van der Waals surface area (Å²) in [6, 6.07) is 13.2. The number of aromatic nitrogens is 2. The summed E-state index contributed by atoms with van der Waals surface area (Å²) in [4.78, 5) is 4.50. The zero-order valence-electron chi connectivity index (χ0n) is 11.4. The zero-order chi connectivity index (χ0) is 15.0. The first-order chi connectivity index (χ1) is 10.1. The second-order valence-electron chi connectivity index (χ2n) is 4.96. The summed E-state index contributed by atoms with van der Waals surface area (Å²) in [6.45, 7) is 2.25. The lowest BCUT2D eigenvalue weighted by Crippen LogP contribution is -2.08. The van der Waals surface area contributed by atoms with Crippen molar-refractivity contribution >= 4 is 34.2 Å². The molecule has 0 aliphatic rings. The number of hydrogen-bond donors (Lipinski definition) is 1. The first-order valence-corrected chi connectivity index (χ1v) is 7.39. The Balaban J connectivity index is 2.12. The Morgan fingerprint density at radius 3 is 2.67 bits per heavy atom. The third-order valence-electron chi connectivity index (χ3n) is 3.40. The summed E-state index contributed by atoms with van der Waals surface area (Å²) in [5, 5.41) is 11.2. The molecule has 3 nitrogen and oxygen atoms in total. The molecule has 1 atom stereocenters. The van der Waals surface area contributed by atoms with Gasteiger partial charge in [-0.25, -0.2) is 4.98 Å². The van der Waals surface area contributed by atoms with Gasteiger partial charge < -0.3 is 9.67 Å².